The van der Waals surface area contributed by atoms with E-state index in [1.54, 1.807) is 0 Å². The average molecular weight is 1460 g/mol. The van der Waals surface area contributed by atoms with Gasteiger partial charge in [0, 0.05) is 19.3 Å². The van der Waals surface area contributed by atoms with Crippen LogP contribution in [0.3, 0.4) is 0 Å². The average Bonchev–Trinajstić information content (AvgIpc) is 1.19. The predicted molar refractivity (Wildman–Crippen MR) is 417 cm³/mol. The van der Waals surface area contributed by atoms with E-state index in [1.165, 1.54) is 89.9 Å². The van der Waals surface area contributed by atoms with Crippen LogP contribution in [0.25, 0.3) is 0 Å². The highest BCUT2D eigenvalue weighted by Crippen LogP contribution is 2.45. The second kappa shape index (κ2) is 75.4. The van der Waals surface area contributed by atoms with Crippen molar-refractivity contribution in [3.05, 3.63) is 134 Å². The van der Waals surface area contributed by atoms with Gasteiger partial charge in [0.05, 0.1) is 26.4 Å². The number of aliphatic hydroxyl groups is 2. The van der Waals surface area contributed by atoms with E-state index < -0.39 is 91.5 Å². The molecule has 4 N–H and O–H groups in total. The fourth-order valence-electron chi connectivity index (χ4n) is 10.3. The highest BCUT2D eigenvalue weighted by molar-refractivity contribution is 7.47. The van der Waals surface area contributed by atoms with Crippen LogP contribution in [0.4, 0.5) is 0 Å². The Hall–Kier alpha value is -4.31. The molecule has 0 aliphatic carbocycles. The SMILES string of the molecule is CC/C=C\C/C=C\C/C=C\C/C=C\C/C=C\C/C=C\CCCCCCCCC(=O)OCC(O)COP(=O)(O)OCC(O)COP(=O)(O)OCC(COC(=O)CCCCCCCCCCC/C=C\C/C=C\C/C=C\C/C=C\CCCCC)OC(=O)CCCCCCC/C=C\CCCCCCCC. The molecule has 0 spiro atoms. The highest BCUT2D eigenvalue weighted by Gasteiger charge is 2.29. The summed E-state index contributed by atoms with van der Waals surface area (Å²) in [5.41, 5.74) is 0. The molecule has 16 nitrogen and oxygen atoms in total. The van der Waals surface area contributed by atoms with E-state index in [2.05, 4.69) is 154 Å². The van der Waals surface area contributed by atoms with E-state index in [0.29, 0.717) is 19.3 Å². The van der Waals surface area contributed by atoms with E-state index >= 15 is 0 Å². The zero-order valence-electron chi connectivity index (χ0n) is 63.3. The van der Waals surface area contributed by atoms with Crippen LogP contribution in [0, 0.1) is 0 Å². The summed E-state index contributed by atoms with van der Waals surface area (Å²) >= 11 is 0. The van der Waals surface area contributed by atoms with Gasteiger partial charge in [-0.15, -0.1) is 0 Å². The maximum absolute atomic E-state index is 13.0. The number of carbonyl (C=O) groups excluding carboxylic acids is 3. The number of ether oxygens (including phenoxy) is 3. The van der Waals surface area contributed by atoms with Crippen molar-refractivity contribution in [1.29, 1.82) is 0 Å². The molecule has 0 fully saturated rings. The van der Waals surface area contributed by atoms with Crippen molar-refractivity contribution in [3.63, 3.8) is 0 Å². The van der Waals surface area contributed by atoms with Crippen molar-refractivity contribution in [2.75, 3.05) is 39.6 Å². The van der Waals surface area contributed by atoms with Gasteiger partial charge in [-0.1, -0.05) is 289 Å². The molecule has 101 heavy (non-hydrogen) atoms. The lowest BCUT2D eigenvalue weighted by Gasteiger charge is -2.21. The molecule has 0 aromatic heterocycles. The van der Waals surface area contributed by atoms with Crippen LogP contribution in [0.5, 0.6) is 0 Å². The number of aliphatic hydroxyl groups excluding tert-OH is 2. The standard InChI is InChI=1S/C83H142O16P2/c1-4-7-10-13-16-19-22-25-28-30-32-34-36-38-40-42-44-46-49-51-54-57-60-63-66-69-81(86)93-72-78(84)73-95-100(89,90)96-74-79(85)75-97-101(91,92)98-77-80(99-83(88)71-68-65-62-59-56-53-48-27-24-21-18-15-12-9-6-3)76-94-82(87)70-67-64-61-58-55-52-50-47-45-43-41-39-37-35-33-31-29-26-23-20-17-14-11-8-5-2/h7,10,16-17,19-20,25-29,32-35,38-41,44,46,48,78-80,84-85H,4-6,8-9,11-15,18,21-24,30-31,36-37,42-43,45,47,49-77H2,1-3H3,(H,89,90)(H,91,92)/b10-7-,19-16-,20-17-,28-25-,29-26-,34-32-,35-33-,40-38-,41-39-,46-44-,48-27-. The Labute approximate surface area is 614 Å². The molecule has 0 aromatic carbocycles. The lowest BCUT2D eigenvalue weighted by Crippen LogP contribution is -2.30. The van der Waals surface area contributed by atoms with Crippen LogP contribution >= 0.6 is 15.6 Å². The summed E-state index contributed by atoms with van der Waals surface area (Å²) in [6.45, 7) is 2.51. The Morgan fingerprint density at radius 3 is 0.861 bits per heavy atom. The van der Waals surface area contributed by atoms with Gasteiger partial charge in [0.2, 0.25) is 0 Å². The van der Waals surface area contributed by atoms with Gasteiger partial charge in [-0.3, -0.25) is 32.5 Å². The summed E-state index contributed by atoms with van der Waals surface area (Å²) in [4.78, 5) is 58.7. The third-order valence-corrected chi connectivity index (χ3v) is 18.2. The third kappa shape index (κ3) is 76.6. The number of allylic oxidation sites excluding steroid dienone is 22. The van der Waals surface area contributed by atoms with Crippen LogP contribution in [-0.2, 0) is 55.8 Å². The van der Waals surface area contributed by atoms with Crippen LogP contribution < -0.4 is 0 Å². The summed E-state index contributed by atoms with van der Waals surface area (Å²) in [5.74, 6) is -1.60. The van der Waals surface area contributed by atoms with Gasteiger partial charge >= 0.3 is 33.6 Å². The fraction of sp³-hybridized carbons (Fsp3) is 0.699. The molecule has 0 saturated heterocycles. The Morgan fingerprint density at radius 1 is 0.287 bits per heavy atom. The van der Waals surface area contributed by atoms with Crippen molar-refractivity contribution in [2.45, 2.75) is 334 Å². The zero-order chi connectivity index (χ0) is 73.7. The van der Waals surface area contributed by atoms with Crippen LogP contribution in [0.2, 0.25) is 0 Å². The van der Waals surface area contributed by atoms with Crippen molar-refractivity contribution >= 4 is 33.6 Å². The predicted octanol–water partition coefficient (Wildman–Crippen LogP) is 23.1. The minimum atomic E-state index is -4.94. The number of phosphoric ester groups is 2. The van der Waals surface area contributed by atoms with Gasteiger partial charge in [-0.25, -0.2) is 9.13 Å². The molecule has 0 bridgehead atoms. The summed E-state index contributed by atoms with van der Waals surface area (Å²) in [7, 11) is -9.80. The molecule has 5 atom stereocenters. The zero-order valence-corrected chi connectivity index (χ0v) is 65.1. The van der Waals surface area contributed by atoms with E-state index in [9.17, 15) is 43.5 Å². The van der Waals surface area contributed by atoms with Gasteiger partial charge in [0.25, 0.3) is 0 Å². The molecule has 0 radical (unpaired) electrons. The molecule has 580 valence electrons. The summed E-state index contributed by atoms with van der Waals surface area (Å²) in [5, 5.41) is 20.6. The molecule has 0 aromatic rings. The van der Waals surface area contributed by atoms with Gasteiger partial charge in [-0.05, 0) is 141 Å². The Morgan fingerprint density at radius 2 is 0.525 bits per heavy atom. The maximum atomic E-state index is 13.0. The number of hydrogen-bond donors (Lipinski definition) is 4. The minimum Gasteiger partial charge on any atom is -0.463 e. The lowest BCUT2D eigenvalue weighted by molar-refractivity contribution is -0.161. The van der Waals surface area contributed by atoms with E-state index in [0.717, 1.165) is 167 Å². The second-order valence-electron chi connectivity index (χ2n) is 26.1. The Balaban J connectivity index is 4.63. The molecule has 5 unspecified atom stereocenters. The van der Waals surface area contributed by atoms with E-state index in [4.69, 9.17) is 32.3 Å². The summed E-state index contributed by atoms with van der Waals surface area (Å²) < 4.78 is 61.1. The largest absolute Gasteiger partial charge is 0.472 e. The topological polar surface area (TPSA) is 231 Å². The second-order valence-corrected chi connectivity index (χ2v) is 29.0. The van der Waals surface area contributed by atoms with E-state index in [1.807, 2.05) is 0 Å². The first-order valence-electron chi connectivity index (χ1n) is 39.5. The number of esters is 3. The fourth-order valence-corrected chi connectivity index (χ4v) is 11.9. The molecular weight excluding hydrogens is 1310 g/mol. The Kier molecular flexibility index (Phi) is 72.2. The normalized spacial score (nSPS) is 14.7. The smallest absolute Gasteiger partial charge is 0.463 e. The van der Waals surface area contributed by atoms with Gasteiger partial charge in [0.1, 0.15) is 25.4 Å². The minimum absolute atomic E-state index is 0.0911. The van der Waals surface area contributed by atoms with Crippen LogP contribution in [0.1, 0.15) is 316 Å². The van der Waals surface area contributed by atoms with Crippen molar-refractivity contribution < 1.29 is 75.8 Å². The van der Waals surface area contributed by atoms with Crippen molar-refractivity contribution in [2.24, 2.45) is 0 Å². The number of carbonyl (C=O) groups is 3. The molecule has 0 aliphatic heterocycles. The number of unbranched alkanes of at least 4 members (excludes halogenated alkanes) is 29. The summed E-state index contributed by atoms with van der Waals surface area (Å²) in [6, 6.07) is 0. The summed E-state index contributed by atoms with van der Waals surface area (Å²) in [6.07, 6.45) is 90.6. The van der Waals surface area contributed by atoms with Gasteiger partial charge in [0.15, 0.2) is 6.10 Å². The molecule has 0 aliphatic rings. The lowest BCUT2D eigenvalue weighted by atomic mass is 10.1. The first-order valence-corrected chi connectivity index (χ1v) is 42.5. The van der Waals surface area contributed by atoms with Crippen molar-refractivity contribution in [3.8, 4) is 0 Å². The van der Waals surface area contributed by atoms with Crippen LogP contribution in [0.15, 0.2) is 134 Å². The molecule has 18 heteroatoms. The number of hydrogen-bond acceptors (Lipinski definition) is 14. The first-order chi connectivity index (χ1) is 49.2. The first kappa shape index (κ1) is 96.7. The van der Waals surface area contributed by atoms with Crippen LogP contribution in [-0.4, -0.2) is 95.9 Å². The molecule has 0 rings (SSSR count). The molecular formula is C83H142O16P2. The van der Waals surface area contributed by atoms with Gasteiger partial charge < -0.3 is 34.2 Å². The van der Waals surface area contributed by atoms with Crippen molar-refractivity contribution in [1.82, 2.24) is 0 Å². The molecule has 0 amide bonds. The molecule has 0 saturated carbocycles. The number of phosphoric acid groups is 2. The third-order valence-electron chi connectivity index (χ3n) is 16.3. The molecule has 0 heterocycles. The Bertz CT molecular complexity index is 2370. The quantitative estimate of drug-likeness (QED) is 0.0146. The maximum Gasteiger partial charge on any atom is 0.472 e. The highest BCUT2D eigenvalue weighted by atomic mass is 31.2. The number of rotatable bonds is 74. The van der Waals surface area contributed by atoms with Gasteiger partial charge in [-0.2, -0.15) is 0 Å². The monoisotopic (exact) mass is 1460 g/mol. The van der Waals surface area contributed by atoms with E-state index in [-0.39, 0.29) is 19.3 Å².